The summed E-state index contributed by atoms with van der Waals surface area (Å²) in [6.07, 6.45) is 10.1. The zero-order valence-corrected chi connectivity index (χ0v) is 18.1. The number of hydrogen-bond acceptors (Lipinski definition) is 5. The quantitative estimate of drug-likeness (QED) is 0.450. The summed E-state index contributed by atoms with van der Waals surface area (Å²) in [5, 5.41) is 12.1. The Morgan fingerprint density at radius 1 is 0.964 bits per heavy atom. The maximum Gasteiger partial charge on any atom is 0.188 e. The van der Waals surface area contributed by atoms with Gasteiger partial charge >= 0.3 is 0 Å². The molecule has 0 saturated carbocycles. The Morgan fingerprint density at radius 3 is 2.36 bits per heavy atom. The van der Waals surface area contributed by atoms with Crippen LogP contribution in [-0.2, 0) is 10.3 Å². The van der Waals surface area contributed by atoms with Crippen molar-refractivity contribution >= 4 is 23.5 Å². The van der Waals surface area contributed by atoms with E-state index in [4.69, 9.17) is 9.47 Å². The predicted octanol–water partition coefficient (Wildman–Crippen LogP) is 5.59. The zero-order valence-electron chi connectivity index (χ0n) is 16.5. The molecule has 1 atom stereocenters. The standard InChI is InChI=1S/C23H26O3S2/c1-25-16-26-20-6-4-5-19(15-20)23(24,17-7-11-21(27-2)12-8-17)18-9-13-22(28-3)14-10-18/h4-9,11-13,15,24H,10,14,16H2,1-3H3. The summed E-state index contributed by atoms with van der Waals surface area (Å²) in [5.74, 6) is 0.676. The molecule has 0 saturated heterocycles. The van der Waals surface area contributed by atoms with E-state index in [-0.39, 0.29) is 6.79 Å². The smallest absolute Gasteiger partial charge is 0.188 e. The third kappa shape index (κ3) is 4.49. The van der Waals surface area contributed by atoms with Gasteiger partial charge in [0, 0.05) is 12.0 Å². The van der Waals surface area contributed by atoms with E-state index in [1.165, 1.54) is 9.80 Å². The minimum absolute atomic E-state index is 0.173. The summed E-state index contributed by atoms with van der Waals surface area (Å²) in [5.41, 5.74) is 1.45. The Balaban J connectivity index is 2.09. The van der Waals surface area contributed by atoms with Crippen molar-refractivity contribution in [3.05, 3.63) is 82.3 Å². The number of hydrogen-bond donors (Lipinski definition) is 1. The summed E-state index contributed by atoms with van der Waals surface area (Å²) >= 11 is 3.46. The van der Waals surface area contributed by atoms with Crippen LogP contribution in [0.1, 0.15) is 24.0 Å². The van der Waals surface area contributed by atoms with Crippen LogP contribution in [0, 0.1) is 0 Å². The highest BCUT2D eigenvalue weighted by atomic mass is 32.2. The second kappa shape index (κ2) is 9.70. The van der Waals surface area contributed by atoms with Gasteiger partial charge in [0.25, 0.3) is 0 Å². The average molecular weight is 415 g/mol. The summed E-state index contributed by atoms with van der Waals surface area (Å²) in [6.45, 7) is 0.173. The van der Waals surface area contributed by atoms with Crippen molar-refractivity contribution in [2.24, 2.45) is 0 Å². The molecule has 0 fully saturated rings. The number of methoxy groups -OCH3 is 1. The topological polar surface area (TPSA) is 38.7 Å². The van der Waals surface area contributed by atoms with Crippen LogP contribution in [0.2, 0.25) is 0 Å². The molecule has 1 N–H and O–H groups in total. The number of benzene rings is 2. The maximum atomic E-state index is 12.1. The lowest BCUT2D eigenvalue weighted by Gasteiger charge is -2.34. The van der Waals surface area contributed by atoms with Crippen LogP contribution in [-0.4, -0.2) is 31.5 Å². The van der Waals surface area contributed by atoms with Gasteiger partial charge in [0.1, 0.15) is 11.4 Å². The summed E-state index contributed by atoms with van der Waals surface area (Å²) in [6, 6.07) is 15.8. The molecule has 2 aromatic rings. The van der Waals surface area contributed by atoms with Crippen molar-refractivity contribution in [1.29, 1.82) is 0 Å². The molecule has 1 unspecified atom stereocenters. The van der Waals surface area contributed by atoms with Crippen LogP contribution in [0.4, 0.5) is 0 Å². The van der Waals surface area contributed by atoms with Crippen LogP contribution in [0.5, 0.6) is 5.75 Å². The Bertz CT molecular complexity index is 858. The molecule has 0 aliphatic heterocycles. The number of thioether (sulfide) groups is 2. The van der Waals surface area contributed by atoms with Crippen molar-refractivity contribution in [3.8, 4) is 5.75 Å². The van der Waals surface area contributed by atoms with Crippen molar-refractivity contribution in [2.75, 3.05) is 26.4 Å². The van der Waals surface area contributed by atoms with E-state index < -0.39 is 5.60 Å². The first-order valence-electron chi connectivity index (χ1n) is 9.15. The van der Waals surface area contributed by atoms with Gasteiger partial charge in [-0.1, -0.05) is 36.4 Å². The second-order valence-electron chi connectivity index (χ2n) is 6.55. The molecule has 0 radical (unpaired) electrons. The number of rotatable bonds is 8. The lowest BCUT2D eigenvalue weighted by Crippen LogP contribution is -2.30. The second-order valence-corrected chi connectivity index (χ2v) is 8.36. The molecule has 3 rings (SSSR count). The van der Waals surface area contributed by atoms with Crippen LogP contribution in [0.3, 0.4) is 0 Å². The summed E-state index contributed by atoms with van der Waals surface area (Å²) in [4.78, 5) is 2.51. The zero-order chi connectivity index (χ0) is 20.0. The molecule has 148 valence electrons. The van der Waals surface area contributed by atoms with Crippen molar-refractivity contribution in [1.82, 2.24) is 0 Å². The van der Waals surface area contributed by atoms with E-state index in [0.717, 1.165) is 29.5 Å². The van der Waals surface area contributed by atoms with Crippen LogP contribution >= 0.6 is 23.5 Å². The highest BCUT2D eigenvalue weighted by Gasteiger charge is 2.36. The first kappa shape index (κ1) is 21.1. The summed E-state index contributed by atoms with van der Waals surface area (Å²) < 4.78 is 10.6. The van der Waals surface area contributed by atoms with Gasteiger partial charge in [-0.05, 0) is 71.2 Å². The molecular weight excluding hydrogens is 388 g/mol. The van der Waals surface area contributed by atoms with Gasteiger partial charge in [-0.25, -0.2) is 0 Å². The van der Waals surface area contributed by atoms with Crippen LogP contribution < -0.4 is 4.74 Å². The molecule has 3 nitrogen and oxygen atoms in total. The normalized spacial score (nSPS) is 16.1. The lowest BCUT2D eigenvalue weighted by molar-refractivity contribution is 0.0505. The lowest BCUT2D eigenvalue weighted by atomic mass is 9.77. The molecule has 1 aliphatic carbocycles. The molecule has 5 heteroatoms. The number of aliphatic hydroxyl groups is 1. The first-order chi connectivity index (χ1) is 13.6. The molecule has 2 aromatic carbocycles. The third-order valence-corrected chi connectivity index (χ3v) is 6.55. The Kier molecular flexibility index (Phi) is 7.30. The van der Waals surface area contributed by atoms with Gasteiger partial charge in [-0.3, -0.25) is 0 Å². The van der Waals surface area contributed by atoms with E-state index in [9.17, 15) is 5.11 Å². The minimum Gasteiger partial charge on any atom is -0.468 e. The van der Waals surface area contributed by atoms with E-state index in [1.807, 2.05) is 36.4 Å². The number of ether oxygens (including phenoxy) is 2. The van der Waals surface area contributed by atoms with Crippen molar-refractivity contribution in [2.45, 2.75) is 23.3 Å². The summed E-state index contributed by atoms with van der Waals surface area (Å²) in [7, 11) is 1.59. The van der Waals surface area contributed by atoms with Crippen molar-refractivity contribution in [3.63, 3.8) is 0 Å². The highest BCUT2D eigenvalue weighted by Crippen LogP contribution is 2.43. The van der Waals surface area contributed by atoms with Gasteiger partial charge in [0.05, 0.1) is 0 Å². The minimum atomic E-state index is -1.20. The Labute approximate surface area is 175 Å². The van der Waals surface area contributed by atoms with Crippen molar-refractivity contribution < 1.29 is 14.6 Å². The molecule has 0 bridgehead atoms. The van der Waals surface area contributed by atoms with Crippen LogP contribution in [0.15, 0.2) is 76.1 Å². The molecular formula is C23H26O3S2. The van der Waals surface area contributed by atoms with Gasteiger partial charge in [-0.2, -0.15) is 0 Å². The molecule has 0 spiro atoms. The van der Waals surface area contributed by atoms with Crippen LogP contribution in [0.25, 0.3) is 0 Å². The third-order valence-electron chi connectivity index (χ3n) is 4.94. The largest absolute Gasteiger partial charge is 0.468 e. The Hall–Kier alpha value is -1.66. The van der Waals surface area contributed by atoms with E-state index in [1.54, 1.807) is 30.6 Å². The fraction of sp³-hybridized carbons (Fsp3) is 0.304. The molecule has 1 aliphatic rings. The maximum absolute atomic E-state index is 12.1. The van der Waals surface area contributed by atoms with Gasteiger partial charge in [0.2, 0.25) is 0 Å². The fourth-order valence-corrected chi connectivity index (χ4v) is 4.32. The average Bonchev–Trinajstić information content (AvgIpc) is 2.77. The highest BCUT2D eigenvalue weighted by molar-refractivity contribution is 8.02. The monoisotopic (exact) mass is 414 g/mol. The molecule has 28 heavy (non-hydrogen) atoms. The molecule has 0 amide bonds. The Morgan fingerprint density at radius 2 is 1.75 bits per heavy atom. The molecule has 0 aromatic heterocycles. The van der Waals surface area contributed by atoms with Gasteiger partial charge in [0.15, 0.2) is 6.79 Å². The first-order valence-corrected chi connectivity index (χ1v) is 11.6. The van der Waals surface area contributed by atoms with Gasteiger partial charge < -0.3 is 14.6 Å². The fourth-order valence-electron chi connectivity index (χ4n) is 3.40. The molecule has 0 heterocycles. The van der Waals surface area contributed by atoms with Gasteiger partial charge in [-0.15, -0.1) is 23.5 Å². The predicted molar refractivity (Wildman–Crippen MR) is 119 cm³/mol. The van der Waals surface area contributed by atoms with E-state index >= 15 is 0 Å². The van der Waals surface area contributed by atoms with E-state index in [2.05, 4.69) is 36.8 Å². The van der Waals surface area contributed by atoms with E-state index in [0.29, 0.717) is 5.75 Å². The SMILES string of the molecule is COCOc1cccc(C(O)(C2=CC=C(SC)CC2)c2ccc(SC)cc2)c1. The number of allylic oxidation sites excluding steroid dienone is 3.